The molecule has 0 unspecified atom stereocenters. The summed E-state index contributed by atoms with van der Waals surface area (Å²) < 4.78 is 54.6. The highest BCUT2D eigenvalue weighted by molar-refractivity contribution is 5.94. The highest BCUT2D eigenvalue weighted by Crippen LogP contribution is 2.30. The second-order valence-corrected chi connectivity index (χ2v) is 6.91. The van der Waals surface area contributed by atoms with Gasteiger partial charge in [-0.2, -0.15) is 13.2 Å². The second kappa shape index (κ2) is 7.81. The van der Waals surface area contributed by atoms with E-state index >= 15 is 0 Å². The van der Waals surface area contributed by atoms with Gasteiger partial charge in [-0.1, -0.05) is 18.2 Å². The van der Waals surface area contributed by atoms with Crippen LogP contribution in [0.3, 0.4) is 0 Å². The lowest BCUT2D eigenvalue weighted by Crippen LogP contribution is -2.49. The van der Waals surface area contributed by atoms with E-state index in [9.17, 15) is 22.4 Å². The molecule has 0 spiro atoms. The van der Waals surface area contributed by atoms with Gasteiger partial charge < -0.3 is 9.80 Å². The summed E-state index contributed by atoms with van der Waals surface area (Å²) in [6, 6.07) is 10.8. The summed E-state index contributed by atoms with van der Waals surface area (Å²) in [7, 11) is 0. The van der Waals surface area contributed by atoms with Gasteiger partial charge in [0.1, 0.15) is 5.82 Å². The van der Waals surface area contributed by atoms with Gasteiger partial charge in [-0.3, -0.25) is 9.36 Å². The van der Waals surface area contributed by atoms with Crippen LogP contribution in [0.4, 0.5) is 23.5 Å². The summed E-state index contributed by atoms with van der Waals surface area (Å²) in [4.78, 5) is 20.4. The number of benzene rings is 2. The highest BCUT2D eigenvalue weighted by Gasteiger charge is 2.32. The van der Waals surface area contributed by atoms with E-state index in [1.54, 1.807) is 35.2 Å². The van der Waals surface area contributed by atoms with Crippen molar-refractivity contribution in [1.82, 2.24) is 14.5 Å². The van der Waals surface area contributed by atoms with Crippen LogP contribution in [-0.2, 0) is 6.18 Å². The quantitative estimate of drug-likeness (QED) is 0.604. The number of piperazine rings is 1. The molecule has 5 nitrogen and oxygen atoms in total. The molecule has 2 aromatic carbocycles. The lowest BCUT2D eigenvalue weighted by atomic mass is 10.1. The highest BCUT2D eigenvalue weighted by atomic mass is 19.4. The number of para-hydroxylation sites is 1. The van der Waals surface area contributed by atoms with E-state index < -0.39 is 17.6 Å². The average molecular weight is 418 g/mol. The first-order valence-corrected chi connectivity index (χ1v) is 9.34. The first-order valence-electron chi connectivity index (χ1n) is 9.34. The summed E-state index contributed by atoms with van der Waals surface area (Å²) in [5.41, 5.74) is -0.475. The van der Waals surface area contributed by atoms with Crippen molar-refractivity contribution in [3.05, 3.63) is 77.9 Å². The zero-order valence-electron chi connectivity index (χ0n) is 15.8. The van der Waals surface area contributed by atoms with Crippen LogP contribution in [0.5, 0.6) is 0 Å². The molecule has 2 heterocycles. The summed E-state index contributed by atoms with van der Waals surface area (Å²) in [6.45, 7) is 1.49. The minimum Gasteiger partial charge on any atom is -0.338 e. The number of carbonyl (C=O) groups is 1. The largest absolute Gasteiger partial charge is 0.416 e. The van der Waals surface area contributed by atoms with Crippen molar-refractivity contribution < 1.29 is 22.4 Å². The standard InChI is InChI=1S/C21H18F4N4O/c22-17-6-1-2-7-18(17)29-9-8-26-20(29)28-12-10-27(11-13-28)19(30)15-4-3-5-16(14-15)21(23,24)25/h1-9,14H,10-13H2. The van der Waals surface area contributed by atoms with Crippen molar-refractivity contribution >= 4 is 11.9 Å². The maximum atomic E-state index is 14.2. The minimum atomic E-state index is -4.50. The van der Waals surface area contributed by atoms with E-state index in [4.69, 9.17) is 0 Å². The SMILES string of the molecule is O=C(c1cccc(C(F)(F)F)c1)N1CCN(c2nccn2-c2ccccc2F)CC1. The number of nitrogens with zero attached hydrogens (tertiary/aromatic N) is 4. The van der Waals surface area contributed by atoms with Crippen LogP contribution in [0.15, 0.2) is 60.9 Å². The number of hydrogen-bond acceptors (Lipinski definition) is 3. The number of rotatable bonds is 3. The molecule has 30 heavy (non-hydrogen) atoms. The Balaban J connectivity index is 1.47. The minimum absolute atomic E-state index is 0.00568. The van der Waals surface area contributed by atoms with Crippen LogP contribution in [0.25, 0.3) is 5.69 Å². The number of imidazole rings is 1. The second-order valence-electron chi connectivity index (χ2n) is 6.91. The summed E-state index contributed by atoms with van der Waals surface area (Å²) in [5, 5.41) is 0. The van der Waals surface area contributed by atoms with E-state index in [0.717, 1.165) is 12.1 Å². The molecule has 3 aromatic rings. The first-order chi connectivity index (χ1) is 14.3. The van der Waals surface area contributed by atoms with Crippen LogP contribution < -0.4 is 4.90 Å². The zero-order valence-corrected chi connectivity index (χ0v) is 15.8. The fourth-order valence-corrected chi connectivity index (χ4v) is 3.49. The normalized spacial score (nSPS) is 14.8. The molecule has 156 valence electrons. The molecular formula is C21H18F4N4O. The number of halogens is 4. The average Bonchev–Trinajstić information content (AvgIpc) is 3.23. The molecule has 4 rings (SSSR count). The Morgan fingerprint density at radius 3 is 2.40 bits per heavy atom. The predicted molar refractivity (Wildman–Crippen MR) is 103 cm³/mol. The van der Waals surface area contributed by atoms with E-state index in [1.165, 1.54) is 23.1 Å². The summed E-state index contributed by atoms with van der Waals surface area (Å²) >= 11 is 0. The lowest BCUT2D eigenvalue weighted by Gasteiger charge is -2.35. The number of aromatic nitrogens is 2. The molecule has 1 aliphatic heterocycles. The third-order valence-electron chi connectivity index (χ3n) is 5.02. The molecule has 0 aliphatic carbocycles. The monoisotopic (exact) mass is 418 g/mol. The van der Waals surface area contributed by atoms with Crippen LogP contribution in [0.1, 0.15) is 15.9 Å². The smallest absolute Gasteiger partial charge is 0.338 e. The Kier molecular flexibility index (Phi) is 5.19. The molecule has 0 N–H and O–H groups in total. The van der Waals surface area contributed by atoms with E-state index in [2.05, 4.69) is 4.98 Å². The van der Waals surface area contributed by atoms with Crippen molar-refractivity contribution in [2.45, 2.75) is 6.18 Å². The third-order valence-corrected chi connectivity index (χ3v) is 5.02. The summed E-state index contributed by atoms with van der Waals surface area (Å²) in [6.07, 6.45) is -1.27. The maximum Gasteiger partial charge on any atom is 0.416 e. The number of alkyl halides is 3. The molecule has 0 bridgehead atoms. The molecule has 0 atom stereocenters. The Labute approximate surface area is 170 Å². The fourth-order valence-electron chi connectivity index (χ4n) is 3.49. The molecule has 0 saturated carbocycles. The van der Waals surface area contributed by atoms with Gasteiger partial charge in [-0.25, -0.2) is 9.37 Å². The molecule has 1 amide bonds. The molecule has 1 fully saturated rings. The van der Waals surface area contributed by atoms with Crippen molar-refractivity contribution in [1.29, 1.82) is 0 Å². The first kappa shape index (κ1) is 19.9. The van der Waals surface area contributed by atoms with Crippen LogP contribution >= 0.6 is 0 Å². The topological polar surface area (TPSA) is 41.4 Å². The Hall–Kier alpha value is -3.36. The number of hydrogen-bond donors (Lipinski definition) is 0. The van der Waals surface area contributed by atoms with Gasteiger partial charge >= 0.3 is 6.18 Å². The number of carbonyl (C=O) groups excluding carboxylic acids is 1. The van der Waals surface area contributed by atoms with Crippen molar-refractivity contribution in [2.24, 2.45) is 0 Å². The van der Waals surface area contributed by atoms with Gasteiger partial charge in [0.25, 0.3) is 5.91 Å². The van der Waals surface area contributed by atoms with Crippen LogP contribution in [0, 0.1) is 5.82 Å². The van der Waals surface area contributed by atoms with Crippen molar-refractivity contribution in [3.8, 4) is 5.69 Å². The third kappa shape index (κ3) is 3.87. The van der Waals surface area contributed by atoms with Gasteiger partial charge in [0.05, 0.1) is 11.3 Å². The fraction of sp³-hybridized carbons (Fsp3) is 0.238. The molecule has 9 heteroatoms. The molecular weight excluding hydrogens is 400 g/mol. The van der Waals surface area contributed by atoms with Gasteiger partial charge in [0, 0.05) is 44.1 Å². The maximum absolute atomic E-state index is 14.2. The Morgan fingerprint density at radius 2 is 1.70 bits per heavy atom. The van der Waals surface area contributed by atoms with Crippen LogP contribution in [-0.4, -0.2) is 46.5 Å². The van der Waals surface area contributed by atoms with Gasteiger partial charge in [-0.05, 0) is 30.3 Å². The van der Waals surface area contributed by atoms with E-state index in [0.29, 0.717) is 37.8 Å². The number of amides is 1. The number of anilines is 1. The molecule has 1 aromatic heterocycles. The summed E-state index contributed by atoms with van der Waals surface area (Å²) in [5.74, 6) is -0.278. The molecule has 1 aliphatic rings. The van der Waals surface area contributed by atoms with E-state index in [1.807, 2.05) is 4.90 Å². The lowest BCUT2D eigenvalue weighted by molar-refractivity contribution is -0.137. The van der Waals surface area contributed by atoms with E-state index in [-0.39, 0.29) is 11.4 Å². The molecule has 0 radical (unpaired) electrons. The van der Waals surface area contributed by atoms with Gasteiger partial charge in [0.2, 0.25) is 5.95 Å². The Bertz CT molecular complexity index is 1050. The predicted octanol–water partition coefficient (Wildman–Crippen LogP) is 3.99. The zero-order chi connectivity index (χ0) is 21.3. The van der Waals surface area contributed by atoms with Gasteiger partial charge in [-0.15, -0.1) is 0 Å². The van der Waals surface area contributed by atoms with Gasteiger partial charge in [0.15, 0.2) is 0 Å². The van der Waals surface area contributed by atoms with Crippen molar-refractivity contribution in [3.63, 3.8) is 0 Å². The van der Waals surface area contributed by atoms with Crippen LogP contribution in [0.2, 0.25) is 0 Å². The van der Waals surface area contributed by atoms with Crippen molar-refractivity contribution in [2.75, 3.05) is 31.1 Å². The molecule has 1 saturated heterocycles. The Morgan fingerprint density at radius 1 is 0.967 bits per heavy atom.